The fraction of sp³-hybridized carbons (Fsp3) is 0.0870. The van der Waals surface area contributed by atoms with E-state index in [2.05, 4.69) is 15.5 Å². The number of benzene rings is 3. The van der Waals surface area contributed by atoms with Crippen LogP contribution in [0.2, 0.25) is 0 Å². The number of nitrogens with zero attached hydrogens (tertiary/aromatic N) is 2. The van der Waals surface area contributed by atoms with Crippen LogP contribution >= 0.6 is 0 Å². The van der Waals surface area contributed by atoms with Gasteiger partial charge >= 0.3 is 0 Å². The molecule has 31 heavy (non-hydrogen) atoms. The molecule has 4 aromatic rings. The lowest BCUT2D eigenvalue weighted by atomic mass is 10.1. The fourth-order valence-electron chi connectivity index (χ4n) is 3.24. The van der Waals surface area contributed by atoms with Crippen molar-refractivity contribution in [2.75, 3.05) is 18.5 Å². The lowest BCUT2D eigenvalue weighted by molar-refractivity contribution is 0.102. The number of carbonyl (C=O) groups excluding carboxylic acids is 1. The average Bonchev–Trinajstić information content (AvgIpc) is 3.29. The number of aromatic nitrogens is 2. The van der Waals surface area contributed by atoms with Crippen molar-refractivity contribution < 1.29 is 23.2 Å². The molecule has 0 saturated carbocycles. The Hall–Kier alpha value is -4.20. The quantitative estimate of drug-likeness (QED) is 0.524. The summed E-state index contributed by atoms with van der Waals surface area (Å²) in [6, 6.07) is 17.9. The maximum absolute atomic E-state index is 13.2. The summed E-state index contributed by atoms with van der Waals surface area (Å²) < 4.78 is 29.6. The number of hydrogen-bond acceptors (Lipinski definition) is 6. The van der Waals surface area contributed by atoms with Crippen LogP contribution in [0.5, 0.6) is 11.5 Å². The van der Waals surface area contributed by atoms with Crippen molar-refractivity contribution in [3.05, 3.63) is 78.1 Å². The molecule has 0 fully saturated rings. The molecule has 1 aliphatic heterocycles. The first-order valence-electron chi connectivity index (χ1n) is 9.57. The van der Waals surface area contributed by atoms with Crippen LogP contribution in [-0.2, 0) is 0 Å². The molecule has 0 atom stereocenters. The number of halogens is 1. The number of amides is 1. The number of rotatable bonds is 4. The minimum atomic E-state index is -0.353. The van der Waals surface area contributed by atoms with E-state index in [4.69, 9.17) is 14.0 Å². The van der Waals surface area contributed by atoms with Crippen molar-refractivity contribution in [3.8, 4) is 34.3 Å². The number of carbonyl (C=O) groups is 1. The molecule has 0 radical (unpaired) electrons. The zero-order chi connectivity index (χ0) is 21.2. The van der Waals surface area contributed by atoms with Gasteiger partial charge in [-0.15, -0.1) is 0 Å². The minimum Gasteiger partial charge on any atom is -0.486 e. The molecule has 1 aromatic heterocycles. The van der Waals surface area contributed by atoms with Crippen molar-refractivity contribution in [2.45, 2.75) is 0 Å². The second-order valence-corrected chi connectivity index (χ2v) is 6.79. The predicted molar refractivity (Wildman–Crippen MR) is 111 cm³/mol. The molecular weight excluding hydrogens is 401 g/mol. The van der Waals surface area contributed by atoms with Crippen molar-refractivity contribution in [1.82, 2.24) is 10.1 Å². The summed E-state index contributed by atoms with van der Waals surface area (Å²) in [5.41, 5.74) is 2.03. The molecule has 1 aliphatic rings. The van der Waals surface area contributed by atoms with Crippen LogP contribution in [0.25, 0.3) is 22.8 Å². The molecule has 3 aromatic carbocycles. The lowest BCUT2D eigenvalue weighted by Gasteiger charge is -2.19. The van der Waals surface area contributed by atoms with E-state index >= 15 is 0 Å². The number of anilines is 1. The summed E-state index contributed by atoms with van der Waals surface area (Å²) in [5.74, 6) is 1.02. The van der Waals surface area contributed by atoms with E-state index in [0.29, 0.717) is 52.9 Å². The van der Waals surface area contributed by atoms with Crippen LogP contribution in [0, 0.1) is 5.82 Å². The van der Waals surface area contributed by atoms with Gasteiger partial charge in [-0.25, -0.2) is 4.39 Å². The van der Waals surface area contributed by atoms with Gasteiger partial charge in [0.1, 0.15) is 19.0 Å². The van der Waals surface area contributed by atoms with E-state index in [1.165, 1.54) is 12.1 Å². The molecule has 0 spiro atoms. The van der Waals surface area contributed by atoms with Gasteiger partial charge in [-0.05, 0) is 48.5 Å². The monoisotopic (exact) mass is 417 g/mol. The Bertz CT molecular complexity index is 1250. The zero-order valence-electron chi connectivity index (χ0n) is 16.2. The van der Waals surface area contributed by atoms with E-state index in [0.717, 1.165) is 0 Å². The Kier molecular flexibility index (Phi) is 4.80. The highest BCUT2D eigenvalue weighted by molar-refractivity contribution is 6.08. The number of nitrogens with one attached hydrogen (secondary N) is 1. The standard InChI is InChI=1S/C23H16FN3O4/c24-15-7-5-14(6-8-15)21-26-23(31-27-21)18-4-2-1-3-17(18)22(28)25-16-9-10-19-20(13-16)30-12-11-29-19/h1-10,13H,11-12H2,(H,25,28). The van der Waals surface area contributed by atoms with Crippen LogP contribution in [0.4, 0.5) is 10.1 Å². The Labute approximate surface area is 176 Å². The Morgan fingerprint density at radius 3 is 2.55 bits per heavy atom. The van der Waals surface area contributed by atoms with E-state index < -0.39 is 0 Å². The SMILES string of the molecule is O=C(Nc1ccc2c(c1)OCCO2)c1ccccc1-c1nc(-c2ccc(F)cc2)no1. The first-order chi connectivity index (χ1) is 15.2. The third kappa shape index (κ3) is 3.83. The summed E-state index contributed by atoms with van der Waals surface area (Å²) in [4.78, 5) is 17.3. The van der Waals surface area contributed by atoms with Crippen molar-refractivity contribution >= 4 is 11.6 Å². The molecule has 0 bridgehead atoms. The molecule has 5 rings (SSSR count). The van der Waals surface area contributed by atoms with E-state index in [1.54, 1.807) is 54.6 Å². The number of ether oxygens (including phenoxy) is 2. The molecule has 7 nitrogen and oxygen atoms in total. The number of fused-ring (bicyclic) bond motifs is 1. The molecule has 1 N–H and O–H groups in total. The van der Waals surface area contributed by atoms with E-state index in [1.807, 2.05) is 0 Å². The first kappa shape index (κ1) is 18.8. The maximum atomic E-state index is 13.2. The smallest absolute Gasteiger partial charge is 0.259 e. The largest absolute Gasteiger partial charge is 0.486 e. The number of hydrogen-bond donors (Lipinski definition) is 1. The Morgan fingerprint density at radius 1 is 0.935 bits per heavy atom. The van der Waals surface area contributed by atoms with Crippen molar-refractivity contribution in [1.29, 1.82) is 0 Å². The molecule has 2 heterocycles. The third-order valence-electron chi connectivity index (χ3n) is 4.73. The summed E-state index contributed by atoms with van der Waals surface area (Å²) in [6.45, 7) is 0.955. The summed E-state index contributed by atoms with van der Waals surface area (Å²) in [6.07, 6.45) is 0. The molecular formula is C23H16FN3O4. The van der Waals surface area contributed by atoms with Gasteiger partial charge in [0.25, 0.3) is 11.8 Å². The topological polar surface area (TPSA) is 86.5 Å². The van der Waals surface area contributed by atoms with Gasteiger partial charge in [0.15, 0.2) is 11.5 Å². The fourth-order valence-corrected chi connectivity index (χ4v) is 3.24. The summed E-state index contributed by atoms with van der Waals surface area (Å²) >= 11 is 0. The molecule has 8 heteroatoms. The third-order valence-corrected chi connectivity index (χ3v) is 4.73. The van der Waals surface area contributed by atoms with Crippen LogP contribution in [0.1, 0.15) is 10.4 Å². The summed E-state index contributed by atoms with van der Waals surface area (Å²) in [7, 11) is 0. The average molecular weight is 417 g/mol. The van der Waals surface area contributed by atoms with Gasteiger partial charge < -0.3 is 19.3 Å². The normalized spacial score (nSPS) is 12.4. The lowest BCUT2D eigenvalue weighted by Crippen LogP contribution is -2.16. The minimum absolute atomic E-state index is 0.187. The zero-order valence-corrected chi connectivity index (χ0v) is 16.2. The molecule has 1 amide bonds. The highest BCUT2D eigenvalue weighted by Gasteiger charge is 2.19. The summed E-state index contributed by atoms with van der Waals surface area (Å²) in [5, 5.41) is 6.81. The van der Waals surface area contributed by atoms with Crippen LogP contribution in [0.15, 0.2) is 71.3 Å². The van der Waals surface area contributed by atoms with E-state index in [-0.39, 0.29) is 17.6 Å². The first-order valence-corrected chi connectivity index (χ1v) is 9.57. The van der Waals surface area contributed by atoms with E-state index in [9.17, 15) is 9.18 Å². The second kappa shape index (κ2) is 7.91. The van der Waals surface area contributed by atoms with Gasteiger partial charge in [-0.1, -0.05) is 17.3 Å². The van der Waals surface area contributed by atoms with Gasteiger partial charge in [-0.3, -0.25) is 4.79 Å². The van der Waals surface area contributed by atoms with Crippen LogP contribution in [0.3, 0.4) is 0 Å². The highest BCUT2D eigenvalue weighted by Crippen LogP contribution is 2.33. The second-order valence-electron chi connectivity index (χ2n) is 6.79. The van der Waals surface area contributed by atoms with Gasteiger partial charge in [0, 0.05) is 17.3 Å². The Balaban J connectivity index is 1.42. The van der Waals surface area contributed by atoms with Gasteiger partial charge in [0.2, 0.25) is 5.82 Å². The molecule has 0 saturated heterocycles. The van der Waals surface area contributed by atoms with Crippen molar-refractivity contribution in [3.63, 3.8) is 0 Å². The Morgan fingerprint density at radius 2 is 1.71 bits per heavy atom. The van der Waals surface area contributed by atoms with Crippen LogP contribution in [-0.4, -0.2) is 29.3 Å². The molecule has 154 valence electrons. The molecule has 0 unspecified atom stereocenters. The van der Waals surface area contributed by atoms with Gasteiger partial charge in [0.05, 0.1) is 11.1 Å². The maximum Gasteiger partial charge on any atom is 0.259 e. The van der Waals surface area contributed by atoms with Gasteiger partial charge in [-0.2, -0.15) is 4.98 Å². The van der Waals surface area contributed by atoms with Crippen molar-refractivity contribution in [2.24, 2.45) is 0 Å². The predicted octanol–water partition coefficient (Wildman–Crippen LogP) is 4.57. The molecule has 0 aliphatic carbocycles. The highest BCUT2D eigenvalue weighted by atomic mass is 19.1. The van der Waals surface area contributed by atoms with Crippen LogP contribution < -0.4 is 14.8 Å².